The number of aliphatic carboxylic acids is 1. The quantitative estimate of drug-likeness (QED) is 0.565. The lowest BCUT2D eigenvalue weighted by molar-refractivity contribution is -0.385. The molecule has 1 aliphatic carbocycles. The van der Waals surface area contributed by atoms with Crippen LogP contribution in [0.3, 0.4) is 0 Å². The molecule has 2 rings (SSSR count). The van der Waals surface area contributed by atoms with Crippen LogP contribution < -0.4 is 5.32 Å². The van der Waals surface area contributed by atoms with E-state index >= 15 is 0 Å². The van der Waals surface area contributed by atoms with Gasteiger partial charge in [-0.3, -0.25) is 24.4 Å². The van der Waals surface area contributed by atoms with E-state index in [9.17, 15) is 19.7 Å². The summed E-state index contributed by atoms with van der Waals surface area (Å²) in [6.45, 7) is -0.103. The van der Waals surface area contributed by atoms with Crippen LogP contribution >= 0.6 is 0 Å². The monoisotopic (exact) mass is 282 g/mol. The Hall–Kier alpha value is -2.45. The SMILES string of the molecule is O=C(Cn1cc([N+](=O)[O-])cn1)NCC1(C(=O)O)CCC1. The van der Waals surface area contributed by atoms with Crippen molar-refractivity contribution in [1.82, 2.24) is 15.1 Å². The molecule has 0 radical (unpaired) electrons. The maximum Gasteiger partial charge on any atom is 0.311 e. The van der Waals surface area contributed by atoms with Gasteiger partial charge in [-0.15, -0.1) is 0 Å². The molecule has 9 heteroatoms. The van der Waals surface area contributed by atoms with Crippen molar-refractivity contribution in [2.75, 3.05) is 6.54 Å². The molecule has 9 nitrogen and oxygen atoms in total. The Labute approximate surface area is 113 Å². The molecule has 0 aromatic carbocycles. The molecule has 1 heterocycles. The number of nitro groups is 1. The molecule has 0 aliphatic heterocycles. The van der Waals surface area contributed by atoms with Crippen molar-refractivity contribution in [2.24, 2.45) is 5.41 Å². The fourth-order valence-corrected chi connectivity index (χ4v) is 2.07. The van der Waals surface area contributed by atoms with E-state index in [1.807, 2.05) is 0 Å². The Morgan fingerprint density at radius 3 is 2.70 bits per heavy atom. The van der Waals surface area contributed by atoms with E-state index in [1.54, 1.807) is 0 Å². The number of carbonyl (C=O) groups excluding carboxylic acids is 1. The zero-order chi connectivity index (χ0) is 14.8. The molecule has 1 fully saturated rings. The molecule has 2 N–H and O–H groups in total. The minimum atomic E-state index is -0.904. The van der Waals surface area contributed by atoms with Crippen molar-refractivity contribution in [1.29, 1.82) is 0 Å². The van der Waals surface area contributed by atoms with Crippen LogP contribution in [0.2, 0.25) is 0 Å². The van der Waals surface area contributed by atoms with Gasteiger partial charge in [0.05, 0.1) is 10.3 Å². The highest BCUT2D eigenvalue weighted by molar-refractivity contribution is 5.79. The first-order valence-electron chi connectivity index (χ1n) is 6.10. The predicted octanol–water partition coefficient (Wildman–Crippen LogP) is 0.162. The van der Waals surface area contributed by atoms with E-state index in [0.29, 0.717) is 12.8 Å². The van der Waals surface area contributed by atoms with Crippen molar-refractivity contribution in [3.63, 3.8) is 0 Å². The van der Waals surface area contributed by atoms with E-state index < -0.39 is 22.2 Å². The summed E-state index contributed by atoms with van der Waals surface area (Å²) >= 11 is 0. The summed E-state index contributed by atoms with van der Waals surface area (Å²) in [7, 11) is 0. The smallest absolute Gasteiger partial charge is 0.311 e. The van der Waals surface area contributed by atoms with Crippen molar-refractivity contribution >= 4 is 17.6 Å². The Kier molecular flexibility index (Phi) is 3.68. The van der Waals surface area contributed by atoms with Crippen molar-refractivity contribution in [2.45, 2.75) is 25.8 Å². The molecule has 1 aromatic rings. The van der Waals surface area contributed by atoms with Crippen molar-refractivity contribution in [3.05, 3.63) is 22.5 Å². The third-order valence-electron chi connectivity index (χ3n) is 3.52. The van der Waals surface area contributed by atoms with E-state index in [4.69, 9.17) is 5.11 Å². The molecular formula is C11H14N4O5. The second kappa shape index (κ2) is 5.27. The van der Waals surface area contributed by atoms with Crippen LogP contribution in [0.15, 0.2) is 12.4 Å². The van der Waals surface area contributed by atoms with Gasteiger partial charge in [-0.2, -0.15) is 5.10 Å². The van der Waals surface area contributed by atoms with Gasteiger partial charge in [0.25, 0.3) is 0 Å². The van der Waals surface area contributed by atoms with Crippen molar-refractivity contribution in [3.8, 4) is 0 Å². The molecule has 0 spiro atoms. The summed E-state index contributed by atoms with van der Waals surface area (Å²) in [5.41, 5.74) is -1.05. The fourth-order valence-electron chi connectivity index (χ4n) is 2.07. The number of rotatable bonds is 6. The Balaban J connectivity index is 1.86. The normalized spacial score (nSPS) is 16.2. The number of hydrogen-bond acceptors (Lipinski definition) is 5. The standard InChI is InChI=1S/C11H14N4O5/c16-9(6-14-5-8(4-13-14)15(19)20)12-7-11(10(17)18)2-1-3-11/h4-5H,1-3,6-7H2,(H,12,16)(H,17,18). The van der Waals surface area contributed by atoms with E-state index in [2.05, 4.69) is 10.4 Å². The molecule has 1 amide bonds. The van der Waals surface area contributed by atoms with Gasteiger partial charge in [0.2, 0.25) is 5.91 Å². The first-order chi connectivity index (χ1) is 9.43. The lowest BCUT2D eigenvalue weighted by Crippen LogP contribution is -2.48. The Bertz CT molecular complexity index is 549. The first-order valence-corrected chi connectivity index (χ1v) is 6.10. The number of carboxylic acids is 1. The lowest BCUT2D eigenvalue weighted by Gasteiger charge is -2.37. The van der Waals surface area contributed by atoms with Gasteiger partial charge in [0.15, 0.2) is 0 Å². The topological polar surface area (TPSA) is 127 Å². The predicted molar refractivity (Wildman–Crippen MR) is 65.8 cm³/mol. The molecule has 108 valence electrons. The number of hydrogen-bond donors (Lipinski definition) is 2. The van der Waals surface area contributed by atoms with Crippen LogP contribution in [0.1, 0.15) is 19.3 Å². The fraction of sp³-hybridized carbons (Fsp3) is 0.545. The van der Waals surface area contributed by atoms with Gasteiger partial charge in [0, 0.05) is 6.54 Å². The minimum absolute atomic E-state index is 0.0739. The van der Waals surface area contributed by atoms with Crippen LogP contribution in [-0.2, 0) is 16.1 Å². The van der Waals surface area contributed by atoms with Gasteiger partial charge >= 0.3 is 11.7 Å². The molecular weight excluding hydrogens is 268 g/mol. The number of nitrogens with zero attached hydrogens (tertiary/aromatic N) is 3. The third kappa shape index (κ3) is 2.76. The van der Waals surface area contributed by atoms with E-state index in [0.717, 1.165) is 23.5 Å². The van der Waals surface area contributed by atoms with Crippen LogP contribution in [0, 0.1) is 15.5 Å². The summed E-state index contributed by atoms with van der Waals surface area (Å²) in [5, 5.41) is 25.8. The Morgan fingerprint density at radius 1 is 1.55 bits per heavy atom. The average Bonchev–Trinajstić information content (AvgIpc) is 2.75. The molecule has 1 aliphatic rings. The number of amides is 1. The van der Waals surface area contributed by atoms with Gasteiger partial charge in [-0.05, 0) is 12.8 Å². The summed E-state index contributed by atoms with van der Waals surface area (Å²) in [5.74, 6) is -1.32. The van der Waals surface area contributed by atoms with Crippen LogP contribution in [0.5, 0.6) is 0 Å². The maximum atomic E-state index is 11.7. The Morgan fingerprint density at radius 2 is 2.25 bits per heavy atom. The molecule has 1 saturated carbocycles. The second-order valence-corrected chi connectivity index (χ2v) is 4.87. The molecule has 0 unspecified atom stereocenters. The molecule has 1 aromatic heterocycles. The zero-order valence-corrected chi connectivity index (χ0v) is 10.6. The lowest BCUT2D eigenvalue weighted by atomic mass is 9.69. The molecule has 0 atom stereocenters. The third-order valence-corrected chi connectivity index (χ3v) is 3.52. The summed E-state index contributed by atoms with van der Waals surface area (Å²) in [6.07, 6.45) is 4.15. The van der Waals surface area contributed by atoms with E-state index in [1.165, 1.54) is 0 Å². The van der Waals surface area contributed by atoms with Gasteiger partial charge < -0.3 is 10.4 Å². The zero-order valence-electron chi connectivity index (χ0n) is 10.6. The van der Waals surface area contributed by atoms with Crippen LogP contribution in [0.4, 0.5) is 5.69 Å². The second-order valence-electron chi connectivity index (χ2n) is 4.87. The van der Waals surface area contributed by atoms with Gasteiger partial charge in [-0.1, -0.05) is 6.42 Å². The molecule has 20 heavy (non-hydrogen) atoms. The number of carboxylic acid groups (broad SMARTS) is 1. The number of nitrogens with one attached hydrogen (secondary N) is 1. The average molecular weight is 282 g/mol. The maximum absolute atomic E-state index is 11.7. The summed E-state index contributed by atoms with van der Waals surface area (Å²) in [6, 6.07) is 0. The van der Waals surface area contributed by atoms with Crippen molar-refractivity contribution < 1.29 is 19.6 Å². The molecule has 0 saturated heterocycles. The van der Waals surface area contributed by atoms with Crippen LogP contribution in [-0.4, -0.2) is 38.2 Å². The minimum Gasteiger partial charge on any atom is -0.481 e. The van der Waals surface area contributed by atoms with Gasteiger partial charge in [-0.25, -0.2) is 0 Å². The largest absolute Gasteiger partial charge is 0.481 e. The summed E-state index contributed by atoms with van der Waals surface area (Å²) < 4.78 is 1.14. The number of carbonyl (C=O) groups is 2. The molecule has 0 bridgehead atoms. The highest BCUT2D eigenvalue weighted by Crippen LogP contribution is 2.40. The van der Waals surface area contributed by atoms with E-state index in [-0.39, 0.29) is 18.8 Å². The highest BCUT2D eigenvalue weighted by atomic mass is 16.6. The van der Waals surface area contributed by atoms with Gasteiger partial charge in [0.1, 0.15) is 18.9 Å². The summed E-state index contributed by atoms with van der Waals surface area (Å²) in [4.78, 5) is 32.6. The highest BCUT2D eigenvalue weighted by Gasteiger charge is 2.44. The first kappa shape index (κ1) is 14.0. The van der Waals surface area contributed by atoms with Crippen LogP contribution in [0.25, 0.3) is 0 Å². The number of aromatic nitrogens is 2.